The summed E-state index contributed by atoms with van der Waals surface area (Å²) in [6.07, 6.45) is 2.96. The van der Waals surface area contributed by atoms with Crippen LogP contribution in [0.2, 0.25) is 0 Å². The SMILES string of the molecule is CC(CCc1ccccc1)CC(=O)N(C)C(C)CC#N. The van der Waals surface area contributed by atoms with Gasteiger partial charge < -0.3 is 4.90 Å². The smallest absolute Gasteiger partial charge is 0.222 e. The lowest BCUT2D eigenvalue weighted by atomic mass is 9.97. The summed E-state index contributed by atoms with van der Waals surface area (Å²) >= 11 is 0. The van der Waals surface area contributed by atoms with Crippen LogP contribution in [-0.4, -0.2) is 23.9 Å². The maximum atomic E-state index is 12.1. The topological polar surface area (TPSA) is 44.1 Å². The van der Waals surface area contributed by atoms with Gasteiger partial charge in [-0.05, 0) is 31.2 Å². The maximum absolute atomic E-state index is 12.1. The molecule has 1 amide bonds. The normalized spacial score (nSPS) is 13.3. The van der Waals surface area contributed by atoms with Crippen LogP contribution in [0.3, 0.4) is 0 Å². The zero-order valence-corrected chi connectivity index (χ0v) is 12.7. The van der Waals surface area contributed by atoms with Crippen molar-refractivity contribution in [3.8, 4) is 6.07 Å². The highest BCUT2D eigenvalue weighted by molar-refractivity contribution is 5.76. The summed E-state index contributed by atoms with van der Waals surface area (Å²) in [6.45, 7) is 4.03. The Kier molecular flexibility index (Phi) is 6.79. The second-order valence-electron chi connectivity index (χ2n) is 5.55. The third-order valence-electron chi connectivity index (χ3n) is 3.73. The van der Waals surface area contributed by atoms with E-state index in [0.29, 0.717) is 18.8 Å². The third-order valence-corrected chi connectivity index (χ3v) is 3.73. The predicted molar refractivity (Wildman–Crippen MR) is 81.0 cm³/mol. The van der Waals surface area contributed by atoms with Crippen molar-refractivity contribution in [1.82, 2.24) is 4.90 Å². The van der Waals surface area contributed by atoms with Gasteiger partial charge in [0.2, 0.25) is 5.91 Å². The van der Waals surface area contributed by atoms with Crippen molar-refractivity contribution in [1.29, 1.82) is 5.26 Å². The Bertz CT molecular complexity index is 450. The van der Waals surface area contributed by atoms with Gasteiger partial charge in [-0.2, -0.15) is 5.26 Å². The Morgan fingerprint density at radius 1 is 1.30 bits per heavy atom. The van der Waals surface area contributed by atoms with E-state index in [1.165, 1.54) is 5.56 Å². The van der Waals surface area contributed by atoms with Crippen molar-refractivity contribution in [3.05, 3.63) is 35.9 Å². The molecule has 1 aromatic carbocycles. The summed E-state index contributed by atoms with van der Waals surface area (Å²) in [5.41, 5.74) is 1.32. The van der Waals surface area contributed by atoms with E-state index in [-0.39, 0.29) is 11.9 Å². The number of nitriles is 1. The first kappa shape index (κ1) is 16.2. The highest BCUT2D eigenvalue weighted by Crippen LogP contribution is 2.15. The molecule has 0 aliphatic carbocycles. The fourth-order valence-electron chi connectivity index (χ4n) is 2.12. The van der Waals surface area contributed by atoms with E-state index in [4.69, 9.17) is 5.26 Å². The van der Waals surface area contributed by atoms with Crippen molar-refractivity contribution in [2.75, 3.05) is 7.05 Å². The molecule has 1 rings (SSSR count). The van der Waals surface area contributed by atoms with E-state index in [0.717, 1.165) is 12.8 Å². The number of carbonyl (C=O) groups is 1. The lowest BCUT2D eigenvalue weighted by Gasteiger charge is -2.24. The van der Waals surface area contributed by atoms with E-state index in [1.54, 1.807) is 11.9 Å². The first-order valence-electron chi connectivity index (χ1n) is 7.21. The van der Waals surface area contributed by atoms with Crippen molar-refractivity contribution in [3.63, 3.8) is 0 Å². The minimum absolute atomic E-state index is 0.00572. The highest BCUT2D eigenvalue weighted by Gasteiger charge is 2.17. The molecular formula is C17H24N2O. The molecule has 108 valence electrons. The fourth-order valence-corrected chi connectivity index (χ4v) is 2.12. The Balaban J connectivity index is 2.36. The largest absolute Gasteiger partial charge is 0.342 e. The monoisotopic (exact) mass is 272 g/mol. The number of hydrogen-bond donors (Lipinski definition) is 0. The van der Waals surface area contributed by atoms with Crippen LogP contribution in [0.25, 0.3) is 0 Å². The molecule has 0 bridgehead atoms. The number of hydrogen-bond acceptors (Lipinski definition) is 2. The van der Waals surface area contributed by atoms with Gasteiger partial charge in [0.25, 0.3) is 0 Å². The van der Waals surface area contributed by atoms with E-state index in [1.807, 2.05) is 25.1 Å². The molecule has 3 nitrogen and oxygen atoms in total. The van der Waals surface area contributed by atoms with Gasteiger partial charge in [0.05, 0.1) is 12.5 Å². The minimum Gasteiger partial charge on any atom is -0.342 e. The molecule has 0 heterocycles. The summed E-state index contributed by atoms with van der Waals surface area (Å²) in [5, 5.41) is 8.67. The van der Waals surface area contributed by atoms with Crippen molar-refractivity contribution in [2.24, 2.45) is 5.92 Å². The third kappa shape index (κ3) is 5.44. The summed E-state index contributed by atoms with van der Waals surface area (Å²) in [7, 11) is 1.79. The van der Waals surface area contributed by atoms with E-state index >= 15 is 0 Å². The zero-order chi connectivity index (χ0) is 15.0. The van der Waals surface area contributed by atoms with Gasteiger partial charge in [-0.25, -0.2) is 0 Å². The molecule has 2 unspecified atom stereocenters. The molecular weight excluding hydrogens is 248 g/mol. The molecule has 0 fully saturated rings. The number of nitrogens with zero attached hydrogens (tertiary/aromatic N) is 2. The number of aryl methyl sites for hydroxylation is 1. The fraction of sp³-hybridized carbons (Fsp3) is 0.529. The van der Waals surface area contributed by atoms with E-state index in [9.17, 15) is 4.79 Å². The molecule has 20 heavy (non-hydrogen) atoms. The number of carbonyl (C=O) groups excluding carboxylic acids is 1. The standard InChI is InChI=1S/C17H24N2O/c1-14(9-10-16-7-5-4-6-8-16)13-17(20)19(3)15(2)11-12-18/h4-8,14-15H,9-11,13H2,1-3H3. The summed E-state index contributed by atoms with van der Waals surface area (Å²) in [4.78, 5) is 13.8. The van der Waals surface area contributed by atoms with Gasteiger partial charge >= 0.3 is 0 Å². The van der Waals surface area contributed by atoms with Crippen molar-refractivity contribution >= 4 is 5.91 Å². The first-order valence-corrected chi connectivity index (χ1v) is 7.21. The van der Waals surface area contributed by atoms with Crippen molar-refractivity contribution in [2.45, 2.75) is 45.6 Å². The second-order valence-corrected chi connectivity index (χ2v) is 5.55. The summed E-state index contributed by atoms with van der Waals surface area (Å²) < 4.78 is 0. The van der Waals surface area contributed by atoms with Crippen LogP contribution in [0, 0.1) is 17.2 Å². The number of amides is 1. The molecule has 0 aliphatic heterocycles. The molecule has 0 saturated carbocycles. The highest BCUT2D eigenvalue weighted by atomic mass is 16.2. The Morgan fingerprint density at radius 2 is 1.95 bits per heavy atom. The molecule has 0 aliphatic rings. The Morgan fingerprint density at radius 3 is 2.55 bits per heavy atom. The average molecular weight is 272 g/mol. The predicted octanol–water partition coefficient (Wildman–Crippen LogP) is 3.41. The summed E-state index contributed by atoms with van der Waals surface area (Å²) in [5.74, 6) is 0.493. The van der Waals surface area contributed by atoms with E-state index < -0.39 is 0 Å². The minimum atomic E-state index is -0.00572. The Labute approximate surface area is 122 Å². The lowest BCUT2D eigenvalue weighted by molar-refractivity contribution is -0.132. The maximum Gasteiger partial charge on any atom is 0.222 e. The Hall–Kier alpha value is -1.82. The summed E-state index contributed by atoms with van der Waals surface area (Å²) in [6, 6.07) is 12.4. The zero-order valence-electron chi connectivity index (χ0n) is 12.7. The molecule has 0 radical (unpaired) electrons. The quantitative estimate of drug-likeness (QED) is 0.763. The molecule has 0 saturated heterocycles. The second kappa shape index (κ2) is 8.37. The molecule has 0 N–H and O–H groups in total. The molecule has 0 spiro atoms. The molecule has 1 aromatic rings. The van der Waals surface area contributed by atoms with Gasteiger partial charge in [-0.15, -0.1) is 0 Å². The van der Waals surface area contributed by atoms with Crippen LogP contribution in [0.5, 0.6) is 0 Å². The number of benzene rings is 1. The number of rotatable bonds is 7. The van der Waals surface area contributed by atoms with Crippen LogP contribution < -0.4 is 0 Å². The van der Waals surface area contributed by atoms with Crippen molar-refractivity contribution < 1.29 is 4.79 Å². The first-order chi connectivity index (χ1) is 9.54. The van der Waals surface area contributed by atoms with E-state index in [2.05, 4.69) is 25.1 Å². The molecule has 3 heteroatoms. The van der Waals surface area contributed by atoms with Gasteiger partial charge in [-0.3, -0.25) is 4.79 Å². The van der Waals surface area contributed by atoms with Gasteiger partial charge in [0.15, 0.2) is 0 Å². The van der Waals surface area contributed by atoms with Crippen LogP contribution in [-0.2, 0) is 11.2 Å². The van der Waals surface area contributed by atoms with Crippen LogP contribution >= 0.6 is 0 Å². The lowest BCUT2D eigenvalue weighted by Crippen LogP contribution is -2.35. The van der Waals surface area contributed by atoms with Crippen LogP contribution in [0.15, 0.2) is 30.3 Å². The van der Waals surface area contributed by atoms with Gasteiger partial charge in [0, 0.05) is 19.5 Å². The van der Waals surface area contributed by atoms with Gasteiger partial charge in [-0.1, -0.05) is 37.3 Å². The van der Waals surface area contributed by atoms with Crippen LogP contribution in [0.1, 0.15) is 38.7 Å². The van der Waals surface area contributed by atoms with Gasteiger partial charge in [0.1, 0.15) is 0 Å². The molecule has 0 aromatic heterocycles. The average Bonchev–Trinajstić information content (AvgIpc) is 2.45. The molecule has 2 atom stereocenters. The van der Waals surface area contributed by atoms with Crippen LogP contribution in [0.4, 0.5) is 0 Å².